The molecule has 172 valence electrons. The quantitative estimate of drug-likeness (QED) is 0.323. The summed E-state index contributed by atoms with van der Waals surface area (Å²) in [5, 5.41) is 19.6. The lowest BCUT2D eigenvalue weighted by atomic mass is 9.99. The number of rotatable bonds is 9. The number of aliphatic hydroxyl groups excluding tert-OH is 1. The minimum absolute atomic E-state index is 0.129. The van der Waals surface area contributed by atoms with Crippen LogP contribution in [0, 0.1) is 17.1 Å². The van der Waals surface area contributed by atoms with E-state index in [9.17, 15) is 14.8 Å². The lowest BCUT2D eigenvalue weighted by molar-refractivity contribution is 0.270. The van der Waals surface area contributed by atoms with Gasteiger partial charge in [-0.1, -0.05) is 55.8 Å². The molecule has 0 aliphatic heterocycles. The Morgan fingerprint density at radius 2 is 1.65 bits per heavy atom. The van der Waals surface area contributed by atoms with E-state index >= 15 is 0 Å². The van der Waals surface area contributed by atoms with Gasteiger partial charge in [-0.15, -0.1) is 0 Å². The van der Waals surface area contributed by atoms with Crippen molar-refractivity contribution in [2.24, 2.45) is 0 Å². The Hall–Kier alpha value is -3.75. The molecule has 0 aliphatic rings. The minimum Gasteiger partial charge on any atom is -0.390 e. The number of benzene rings is 3. The highest BCUT2D eigenvalue weighted by Gasteiger charge is 2.18. The maximum Gasteiger partial charge on any atom is 0.123 e. The van der Waals surface area contributed by atoms with Crippen LogP contribution in [0.5, 0.6) is 0 Å². The number of unbranched alkanes of at least 4 members (excludes halogenated alkanes) is 1. The monoisotopic (exact) mass is 453 g/mol. The molecule has 0 radical (unpaired) electrons. The summed E-state index contributed by atoms with van der Waals surface area (Å²) < 4.78 is 15.6. The molecule has 1 N–H and O–H groups in total. The number of aromatic nitrogens is 2. The third-order valence-electron chi connectivity index (χ3n) is 6.11. The fourth-order valence-electron chi connectivity index (χ4n) is 4.25. The number of halogens is 1. The van der Waals surface area contributed by atoms with Gasteiger partial charge in [-0.2, -0.15) is 5.26 Å². The lowest BCUT2D eigenvalue weighted by Crippen LogP contribution is -2.10. The van der Waals surface area contributed by atoms with Gasteiger partial charge in [0.2, 0.25) is 0 Å². The molecule has 4 aromatic rings. The molecule has 0 bridgehead atoms. The van der Waals surface area contributed by atoms with E-state index in [4.69, 9.17) is 4.98 Å². The van der Waals surface area contributed by atoms with Gasteiger partial charge >= 0.3 is 0 Å². The zero-order chi connectivity index (χ0) is 23.9. The fraction of sp³-hybridized carbons (Fsp3) is 0.241. The number of aryl methyl sites for hydroxylation is 2. The van der Waals surface area contributed by atoms with Crippen LogP contribution in [0.25, 0.3) is 22.4 Å². The third-order valence-corrected chi connectivity index (χ3v) is 6.11. The molecule has 1 aromatic heterocycles. The third kappa shape index (κ3) is 5.08. The van der Waals surface area contributed by atoms with Crippen LogP contribution in [0.2, 0.25) is 0 Å². The molecular weight excluding hydrogens is 425 g/mol. The maximum absolute atomic E-state index is 13.4. The number of hydrogen-bond donors (Lipinski definition) is 1. The van der Waals surface area contributed by atoms with Crippen molar-refractivity contribution >= 4 is 0 Å². The SMILES string of the molecule is CCCCc1nc(-c2ccc(F)cc2)c(CO)n1CCc1ccc(-c2ccccc2C#N)cc1. The Bertz CT molecular complexity index is 1280. The smallest absolute Gasteiger partial charge is 0.123 e. The van der Waals surface area contributed by atoms with E-state index in [1.54, 1.807) is 12.1 Å². The molecule has 4 rings (SSSR count). The number of imidazole rings is 1. The molecule has 0 saturated heterocycles. The molecule has 0 aliphatic carbocycles. The van der Waals surface area contributed by atoms with Crippen LogP contribution < -0.4 is 0 Å². The molecule has 3 aromatic carbocycles. The summed E-state index contributed by atoms with van der Waals surface area (Å²) in [5.41, 5.74) is 6.06. The van der Waals surface area contributed by atoms with Crippen LogP contribution in [0.4, 0.5) is 4.39 Å². The van der Waals surface area contributed by atoms with Crippen molar-refractivity contribution in [1.29, 1.82) is 5.26 Å². The molecule has 0 atom stereocenters. The van der Waals surface area contributed by atoms with Crippen molar-refractivity contribution in [3.05, 3.63) is 101 Å². The van der Waals surface area contributed by atoms with Gasteiger partial charge in [0, 0.05) is 18.5 Å². The average molecular weight is 454 g/mol. The summed E-state index contributed by atoms with van der Waals surface area (Å²) >= 11 is 0. The molecule has 4 nitrogen and oxygen atoms in total. The summed E-state index contributed by atoms with van der Waals surface area (Å²) in [6.07, 6.45) is 3.68. The van der Waals surface area contributed by atoms with E-state index in [2.05, 4.69) is 29.7 Å². The van der Waals surface area contributed by atoms with E-state index < -0.39 is 0 Å². The summed E-state index contributed by atoms with van der Waals surface area (Å²) in [4.78, 5) is 4.85. The average Bonchev–Trinajstić information content (AvgIpc) is 3.24. The summed E-state index contributed by atoms with van der Waals surface area (Å²) in [6.45, 7) is 2.71. The zero-order valence-corrected chi connectivity index (χ0v) is 19.3. The van der Waals surface area contributed by atoms with Crippen molar-refractivity contribution in [3.8, 4) is 28.5 Å². The van der Waals surface area contributed by atoms with Gasteiger partial charge in [0.15, 0.2) is 0 Å². The van der Waals surface area contributed by atoms with Gasteiger partial charge in [-0.3, -0.25) is 0 Å². The first kappa shape index (κ1) is 23.4. The largest absolute Gasteiger partial charge is 0.390 e. The molecule has 0 saturated carbocycles. The molecule has 1 heterocycles. The Balaban J connectivity index is 1.59. The predicted molar refractivity (Wildman–Crippen MR) is 132 cm³/mol. The molecule has 0 fully saturated rings. The fourth-order valence-corrected chi connectivity index (χ4v) is 4.25. The van der Waals surface area contributed by atoms with E-state index in [0.717, 1.165) is 59.6 Å². The highest BCUT2D eigenvalue weighted by atomic mass is 19.1. The molecule has 5 heteroatoms. The number of hydrogen-bond acceptors (Lipinski definition) is 3. The second-order valence-corrected chi connectivity index (χ2v) is 8.35. The van der Waals surface area contributed by atoms with Crippen LogP contribution >= 0.6 is 0 Å². The highest BCUT2D eigenvalue weighted by Crippen LogP contribution is 2.27. The van der Waals surface area contributed by atoms with Gasteiger partial charge in [-0.25, -0.2) is 9.37 Å². The van der Waals surface area contributed by atoms with Crippen molar-refractivity contribution in [2.75, 3.05) is 0 Å². The van der Waals surface area contributed by atoms with Crippen molar-refractivity contribution in [3.63, 3.8) is 0 Å². The summed E-state index contributed by atoms with van der Waals surface area (Å²) in [5.74, 6) is 0.658. The minimum atomic E-state index is -0.291. The van der Waals surface area contributed by atoms with Gasteiger partial charge in [0.05, 0.1) is 29.6 Å². The van der Waals surface area contributed by atoms with Crippen molar-refractivity contribution in [1.82, 2.24) is 9.55 Å². The van der Waals surface area contributed by atoms with Crippen molar-refractivity contribution < 1.29 is 9.50 Å². The molecule has 34 heavy (non-hydrogen) atoms. The lowest BCUT2D eigenvalue weighted by Gasteiger charge is -2.12. The van der Waals surface area contributed by atoms with Gasteiger partial charge < -0.3 is 9.67 Å². The molecule has 0 unspecified atom stereocenters. The van der Waals surface area contributed by atoms with E-state index in [1.807, 2.05) is 36.4 Å². The molecule has 0 amide bonds. The predicted octanol–water partition coefficient (Wildman–Crippen LogP) is 6.31. The van der Waals surface area contributed by atoms with E-state index in [1.165, 1.54) is 17.7 Å². The summed E-state index contributed by atoms with van der Waals surface area (Å²) in [7, 11) is 0. The normalized spacial score (nSPS) is 10.9. The Morgan fingerprint density at radius 1 is 0.941 bits per heavy atom. The second-order valence-electron chi connectivity index (χ2n) is 8.35. The van der Waals surface area contributed by atoms with Crippen LogP contribution in [0.1, 0.15) is 42.4 Å². The highest BCUT2D eigenvalue weighted by molar-refractivity contribution is 5.70. The van der Waals surface area contributed by atoms with E-state index in [-0.39, 0.29) is 12.4 Å². The van der Waals surface area contributed by atoms with Crippen LogP contribution in [0.3, 0.4) is 0 Å². The number of nitrogens with zero attached hydrogens (tertiary/aromatic N) is 3. The topological polar surface area (TPSA) is 61.8 Å². The second kappa shape index (κ2) is 10.9. The van der Waals surface area contributed by atoms with Crippen molar-refractivity contribution in [2.45, 2.75) is 45.8 Å². The van der Waals surface area contributed by atoms with E-state index in [0.29, 0.717) is 12.1 Å². The van der Waals surface area contributed by atoms with Gasteiger partial charge in [0.1, 0.15) is 11.6 Å². The zero-order valence-electron chi connectivity index (χ0n) is 19.3. The Labute approximate surface area is 200 Å². The number of nitriles is 1. The van der Waals surface area contributed by atoms with Gasteiger partial charge in [-0.05, 0) is 59.9 Å². The Morgan fingerprint density at radius 3 is 2.32 bits per heavy atom. The number of aliphatic hydroxyl groups is 1. The first-order chi connectivity index (χ1) is 16.6. The maximum atomic E-state index is 13.4. The van der Waals surface area contributed by atoms with Crippen LogP contribution in [-0.2, 0) is 26.0 Å². The first-order valence-corrected chi connectivity index (χ1v) is 11.7. The Kier molecular flexibility index (Phi) is 7.51. The summed E-state index contributed by atoms with van der Waals surface area (Å²) in [6, 6.07) is 24.4. The van der Waals surface area contributed by atoms with Crippen LogP contribution in [0.15, 0.2) is 72.8 Å². The standard InChI is InChI=1S/C29H28FN3O/c1-2-3-8-28-32-29(23-13-15-25(30)16-14-23)27(20-34)33(28)18-17-21-9-11-22(12-10-21)26-7-5-4-6-24(26)19-31/h4-7,9-16,34H,2-3,8,17-18,20H2,1H3. The van der Waals surface area contributed by atoms with Gasteiger partial charge in [0.25, 0.3) is 0 Å². The molecular formula is C29H28FN3O. The molecule has 0 spiro atoms. The van der Waals surface area contributed by atoms with Crippen LogP contribution in [-0.4, -0.2) is 14.7 Å². The first-order valence-electron chi connectivity index (χ1n) is 11.7.